The van der Waals surface area contributed by atoms with Crippen LogP contribution in [0.2, 0.25) is 0 Å². The highest BCUT2D eigenvalue weighted by molar-refractivity contribution is 8.14. The van der Waals surface area contributed by atoms with Gasteiger partial charge in [0.25, 0.3) is 0 Å². The number of nitrogen functional groups attached to an aromatic ring is 1. The lowest BCUT2D eigenvalue weighted by Crippen LogP contribution is -2.29. The molecule has 8 nitrogen and oxygen atoms in total. The molecule has 2 atom stereocenters. The topological polar surface area (TPSA) is 149 Å². The molecule has 2 aliphatic rings. The van der Waals surface area contributed by atoms with E-state index in [2.05, 4.69) is 20.2 Å². The minimum absolute atomic E-state index is 0.114. The number of aromatic nitrogens is 2. The van der Waals surface area contributed by atoms with Crippen LogP contribution in [0.3, 0.4) is 0 Å². The van der Waals surface area contributed by atoms with Crippen molar-refractivity contribution in [3.8, 4) is 0 Å². The monoisotopic (exact) mass is 621 g/mol. The van der Waals surface area contributed by atoms with Gasteiger partial charge in [-0.25, -0.2) is 8.78 Å². The number of nitrogens with two attached hydrogens (primary N) is 3. The number of nitrogens with one attached hydrogen (secondary N) is 1. The summed E-state index contributed by atoms with van der Waals surface area (Å²) in [5, 5.41) is 8.79. The number of thioether (sulfide) groups is 2. The zero-order valence-corrected chi connectivity index (χ0v) is 25.5. The third-order valence-electron chi connectivity index (χ3n) is 7.67. The van der Waals surface area contributed by atoms with Crippen molar-refractivity contribution < 1.29 is 13.6 Å². The molecule has 224 valence electrons. The first-order valence-electron chi connectivity index (χ1n) is 13.7. The van der Waals surface area contributed by atoms with Gasteiger partial charge in [0.05, 0.1) is 16.6 Å². The Kier molecular flexibility index (Phi) is 8.79. The van der Waals surface area contributed by atoms with Gasteiger partial charge in [-0.2, -0.15) is 5.10 Å². The Hall–Kier alpha value is -3.90. The minimum atomic E-state index is -0.711. The number of carbonyl (C=O) groups is 1. The molecule has 43 heavy (non-hydrogen) atoms. The van der Waals surface area contributed by atoms with E-state index in [4.69, 9.17) is 17.2 Å². The van der Waals surface area contributed by atoms with Crippen molar-refractivity contribution in [1.29, 1.82) is 0 Å². The number of hydrogen-bond donors (Lipinski definition) is 4. The molecular formula is C31H33F2N7OS2. The van der Waals surface area contributed by atoms with E-state index in [9.17, 15) is 13.6 Å². The molecule has 1 aromatic heterocycles. The SMILES string of the molecule is C[C@@]1(c2cc(CC(=O)c3n[nH]c4ccccc34)ccc2F)CCSC(N)=N1.C[C@@]1(c2cc(N)ccc2F)CCSC(N)=N1. The predicted molar refractivity (Wildman–Crippen MR) is 173 cm³/mol. The largest absolute Gasteiger partial charge is 0.399 e. The molecule has 0 saturated heterocycles. The number of rotatable bonds is 5. The van der Waals surface area contributed by atoms with Crippen molar-refractivity contribution in [2.45, 2.75) is 44.2 Å². The number of H-pyrrole nitrogens is 1. The second kappa shape index (κ2) is 12.4. The molecule has 0 fully saturated rings. The van der Waals surface area contributed by atoms with Crippen LogP contribution in [0.25, 0.3) is 10.9 Å². The lowest BCUT2D eigenvalue weighted by molar-refractivity contribution is 0.0989. The third kappa shape index (κ3) is 6.70. The van der Waals surface area contributed by atoms with Crippen molar-refractivity contribution in [3.63, 3.8) is 0 Å². The summed E-state index contributed by atoms with van der Waals surface area (Å²) in [5.74, 6) is 0.910. The number of Topliss-reactive ketones (excluding diaryl/α,β-unsaturated/α-hetero) is 1. The maximum atomic E-state index is 14.5. The van der Waals surface area contributed by atoms with Crippen LogP contribution in [0.1, 0.15) is 53.9 Å². The summed E-state index contributed by atoms with van der Waals surface area (Å²) >= 11 is 2.97. The highest BCUT2D eigenvalue weighted by atomic mass is 32.2. The normalized spacial score (nSPS) is 21.9. The molecule has 0 spiro atoms. The van der Waals surface area contributed by atoms with Crippen molar-refractivity contribution in [1.82, 2.24) is 10.2 Å². The molecule has 2 aliphatic heterocycles. The summed E-state index contributed by atoms with van der Waals surface area (Å²) in [7, 11) is 0. The fourth-order valence-corrected chi connectivity index (χ4v) is 7.21. The highest BCUT2D eigenvalue weighted by Gasteiger charge is 2.33. The van der Waals surface area contributed by atoms with E-state index in [1.807, 2.05) is 38.1 Å². The number of aliphatic imine (C=N–C) groups is 2. The van der Waals surface area contributed by atoms with Crippen molar-refractivity contribution in [2.75, 3.05) is 17.2 Å². The molecule has 0 saturated carbocycles. The standard InChI is InChI=1S/C20H19FN4OS.C11H14FN3S/c1-20(8-9-27-19(22)23-20)14-10-12(6-7-15(14)21)11-17(26)18-13-4-2-3-5-16(13)24-25-18;1-11(4-5-16-10(14)15-11)8-6-7(13)2-3-9(8)12/h2-7,10H,8-9,11H2,1H3,(H2,22,23)(H,24,25);2-3,6H,4-5,13H2,1H3,(H2,14,15)/t20-;11-/m00/s1. The van der Waals surface area contributed by atoms with Gasteiger partial charge in [0.1, 0.15) is 17.3 Å². The van der Waals surface area contributed by atoms with Gasteiger partial charge in [-0.05, 0) is 68.7 Å². The zero-order valence-electron chi connectivity index (χ0n) is 23.9. The summed E-state index contributed by atoms with van der Waals surface area (Å²) in [6.45, 7) is 3.77. The van der Waals surface area contributed by atoms with Crippen molar-refractivity contribution in [3.05, 3.63) is 94.7 Å². The molecule has 0 unspecified atom stereocenters. The number of amidine groups is 2. The smallest absolute Gasteiger partial charge is 0.188 e. The summed E-state index contributed by atoms with van der Waals surface area (Å²) in [5.41, 5.74) is 19.4. The van der Waals surface area contributed by atoms with Gasteiger partial charge >= 0.3 is 0 Å². The third-order valence-corrected chi connectivity index (χ3v) is 9.26. The Morgan fingerprint density at radius 2 is 1.44 bits per heavy atom. The number of anilines is 1. The summed E-state index contributed by atoms with van der Waals surface area (Å²) < 4.78 is 28.3. The number of benzene rings is 3. The Morgan fingerprint density at radius 1 is 0.860 bits per heavy atom. The average Bonchev–Trinajstić information content (AvgIpc) is 3.40. The van der Waals surface area contributed by atoms with E-state index in [1.165, 1.54) is 35.7 Å². The fraction of sp³-hybridized carbons (Fsp3) is 0.290. The van der Waals surface area contributed by atoms with Crippen molar-refractivity contribution in [2.24, 2.45) is 21.5 Å². The molecule has 0 bridgehead atoms. The Bertz CT molecular complexity index is 1740. The number of halogens is 2. The van der Waals surface area contributed by atoms with Crippen LogP contribution in [0, 0.1) is 11.6 Å². The maximum Gasteiger partial charge on any atom is 0.188 e. The summed E-state index contributed by atoms with van der Waals surface area (Å²) in [6.07, 6.45) is 1.60. The number of ketones is 1. The van der Waals surface area contributed by atoms with Crippen LogP contribution >= 0.6 is 23.5 Å². The highest BCUT2D eigenvalue weighted by Crippen LogP contribution is 2.38. The molecule has 12 heteroatoms. The van der Waals surface area contributed by atoms with E-state index in [-0.39, 0.29) is 23.8 Å². The van der Waals surface area contributed by atoms with Crippen LogP contribution in [-0.2, 0) is 17.5 Å². The lowest BCUT2D eigenvalue weighted by atomic mass is 9.87. The second-order valence-corrected chi connectivity index (χ2v) is 13.1. The first-order valence-corrected chi connectivity index (χ1v) is 15.7. The zero-order chi connectivity index (χ0) is 30.8. The average molecular weight is 622 g/mol. The van der Waals surface area contributed by atoms with Crippen LogP contribution in [0.15, 0.2) is 70.6 Å². The first kappa shape index (κ1) is 30.6. The van der Waals surface area contributed by atoms with Gasteiger partial charge in [-0.1, -0.05) is 47.8 Å². The van der Waals surface area contributed by atoms with E-state index in [0.29, 0.717) is 39.3 Å². The molecule has 3 heterocycles. The second-order valence-electron chi connectivity index (χ2n) is 10.9. The molecule has 4 aromatic rings. The molecular weight excluding hydrogens is 589 g/mol. The Balaban J connectivity index is 0.000000196. The lowest BCUT2D eigenvalue weighted by Gasteiger charge is -2.30. The van der Waals surface area contributed by atoms with Gasteiger partial charge < -0.3 is 17.2 Å². The number of nitrogens with zero attached hydrogens (tertiary/aromatic N) is 3. The van der Waals surface area contributed by atoms with Crippen LogP contribution in [0.4, 0.5) is 14.5 Å². The number of fused-ring (bicyclic) bond motifs is 1. The summed E-state index contributed by atoms with van der Waals surface area (Å²) in [6, 6.07) is 16.8. The quantitative estimate of drug-likeness (QED) is 0.161. The minimum Gasteiger partial charge on any atom is -0.399 e. The van der Waals surface area contributed by atoms with Crippen LogP contribution < -0.4 is 17.2 Å². The van der Waals surface area contributed by atoms with Crippen molar-refractivity contribution >= 4 is 56.2 Å². The van der Waals surface area contributed by atoms with E-state index in [1.54, 1.807) is 24.3 Å². The maximum absolute atomic E-state index is 14.5. The molecule has 0 amide bonds. The van der Waals surface area contributed by atoms with Gasteiger partial charge in [-0.15, -0.1) is 0 Å². The molecule has 6 rings (SSSR count). The Labute approximate surface area is 257 Å². The molecule has 3 aromatic carbocycles. The molecule has 0 aliphatic carbocycles. The number of aromatic amines is 1. The van der Waals surface area contributed by atoms with E-state index >= 15 is 0 Å². The Morgan fingerprint density at radius 3 is 2.07 bits per heavy atom. The predicted octanol–water partition coefficient (Wildman–Crippen LogP) is 5.87. The number of carbonyl (C=O) groups excluding carboxylic acids is 1. The first-order chi connectivity index (χ1) is 20.5. The van der Waals surface area contributed by atoms with E-state index in [0.717, 1.165) is 34.4 Å². The van der Waals surface area contributed by atoms with Gasteiger partial charge in [0, 0.05) is 40.1 Å². The fourth-order valence-electron chi connectivity index (χ4n) is 5.26. The van der Waals surface area contributed by atoms with Gasteiger partial charge in [-0.3, -0.25) is 19.9 Å². The van der Waals surface area contributed by atoms with Crippen LogP contribution in [-0.4, -0.2) is 37.8 Å². The molecule has 7 N–H and O–H groups in total. The van der Waals surface area contributed by atoms with Gasteiger partial charge in [0.2, 0.25) is 0 Å². The van der Waals surface area contributed by atoms with Gasteiger partial charge in [0.15, 0.2) is 16.1 Å². The molecule has 0 radical (unpaired) electrons. The number of hydrogen-bond acceptors (Lipinski definition) is 9. The van der Waals surface area contributed by atoms with Crippen LogP contribution in [0.5, 0.6) is 0 Å². The summed E-state index contributed by atoms with van der Waals surface area (Å²) in [4.78, 5) is 21.6. The number of para-hydroxylation sites is 1. The van der Waals surface area contributed by atoms with E-state index < -0.39 is 11.1 Å².